The molecule has 0 saturated heterocycles. The van der Waals surface area contributed by atoms with Crippen LogP contribution in [-0.4, -0.2) is 0 Å². The summed E-state index contributed by atoms with van der Waals surface area (Å²) >= 11 is 0. The minimum Gasteiger partial charge on any atom is -0.340 e. The minimum atomic E-state index is 0. The summed E-state index contributed by atoms with van der Waals surface area (Å²) in [5.41, 5.74) is 0. The first-order valence-electron chi connectivity index (χ1n) is 19.8. The fourth-order valence-electron chi connectivity index (χ4n) is 8.37. The topological polar surface area (TPSA) is 0 Å². The Morgan fingerprint density at radius 1 is 0.239 bits per heavy atom. The minimum absolute atomic E-state index is 0. The summed E-state index contributed by atoms with van der Waals surface area (Å²) in [7, 11) is 0. The zero-order chi connectivity index (χ0) is 36.5. The van der Waals surface area contributed by atoms with Crippen LogP contribution in [0.4, 0.5) is 0 Å². The summed E-state index contributed by atoms with van der Waals surface area (Å²) in [5, 5.41) is 0. The van der Waals surface area contributed by atoms with Gasteiger partial charge in [-0.3, -0.25) is 0 Å². The first-order chi connectivity index (χ1) is 20.3. The molecule has 0 amide bonds. The van der Waals surface area contributed by atoms with E-state index in [1.165, 1.54) is 19.3 Å². The third-order valence-corrected chi connectivity index (χ3v) is 11.5. The van der Waals surface area contributed by atoms with Gasteiger partial charge in [0.1, 0.15) is 0 Å². The van der Waals surface area contributed by atoms with Gasteiger partial charge in [-0.2, -0.15) is 17.8 Å². The van der Waals surface area contributed by atoms with Crippen LogP contribution in [0.25, 0.3) is 0 Å². The second-order valence-corrected chi connectivity index (χ2v) is 18.8. The molecule has 1 radical (unpaired) electrons. The zero-order valence-electron chi connectivity index (χ0n) is 36.0. The van der Waals surface area contributed by atoms with Gasteiger partial charge in [0.05, 0.1) is 0 Å². The van der Waals surface area contributed by atoms with Gasteiger partial charge in [0, 0.05) is 0 Å². The van der Waals surface area contributed by atoms with E-state index in [0.717, 1.165) is 88.8 Å². The number of rotatable bonds is 18. The van der Waals surface area contributed by atoms with E-state index in [-0.39, 0.29) is 17.4 Å². The van der Waals surface area contributed by atoms with Gasteiger partial charge in [-0.25, -0.2) is 0 Å². The molecule has 279 valence electrons. The van der Waals surface area contributed by atoms with Crippen LogP contribution in [0.1, 0.15) is 165 Å². The summed E-state index contributed by atoms with van der Waals surface area (Å²) in [4.78, 5) is 0. The third-order valence-electron chi connectivity index (χ3n) is 11.5. The Hall–Kier alpha value is 0.532. The van der Waals surface area contributed by atoms with Crippen molar-refractivity contribution >= 4 is 0 Å². The van der Waals surface area contributed by atoms with Gasteiger partial charge >= 0.3 is 17.4 Å². The first-order valence-corrected chi connectivity index (χ1v) is 19.8. The van der Waals surface area contributed by atoms with E-state index in [1.807, 2.05) is 0 Å². The molecule has 0 rings (SSSR count). The molecule has 0 nitrogen and oxygen atoms in total. The second-order valence-electron chi connectivity index (χ2n) is 18.8. The van der Waals surface area contributed by atoms with Crippen LogP contribution >= 0.6 is 0 Å². The van der Waals surface area contributed by atoms with Crippen LogP contribution in [0.15, 0.2) is 0 Å². The molecule has 0 aromatic carbocycles. The fourth-order valence-corrected chi connectivity index (χ4v) is 8.37. The molecule has 0 aromatic heterocycles. The second kappa shape index (κ2) is 27.3. The molecule has 46 heavy (non-hydrogen) atoms. The molecule has 6 unspecified atom stereocenters. The van der Waals surface area contributed by atoms with Crippen LogP contribution in [0.2, 0.25) is 0 Å². The van der Waals surface area contributed by atoms with E-state index in [1.54, 1.807) is 0 Å². The van der Waals surface area contributed by atoms with Gasteiger partial charge in [0.2, 0.25) is 0 Å². The standard InChI is InChI=1S/3C15H31.Cr/c3*1-10(2)14(11(3)4)9-15(12(5)6)13(7)8;/h3*10-15H,1,9H2,2-8H3;/q3*-1;+3. The molecule has 0 bridgehead atoms. The monoisotopic (exact) mass is 686 g/mol. The Balaban J connectivity index is -0.000000285. The molecule has 0 N–H and O–H groups in total. The Bertz CT molecular complexity index is 456. The van der Waals surface area contributed by atoms with Gasteiger partial charge in [0.15, 0.2) is 0 Å². The third kappa shape index (κ3) is 23.0. The van der Waals surface area contributed by atoms with Gasteiger partial charge in [-0.05, 0) is 90.3 Å². The summed E-state index contributed by atoms with van der Waals surface area (Å²) in [6.45, 7) is 61.8. The summed E-state index contributed by atoms with van der Waals surface area (Å²) < 4.78 is 0. The molecule has 0 heterocycles. The van der Waals surface area contributed by atoms with Gasteiger partial charge in [0.25, 0.3) is 0 Å². The first kappa shape index (κ1) is 53.3. The SMILES string of the molecule is [CH2-]C(C)C(CC(C(C)C)C(C)C)C(C)C.[CH2-]C(C)C(CC(C(C)C)C(C)C)C(C)C.[CH2-]C(C)C(CC(C(C)C)C(C)C)C(C)C.[Cr+3]. The fraction of sp³-hybridized carbons (Fsp3) is 0.933. The molecule has 0 aliphatic carbocycles. The van der Waals surface area contributed by atoms with Crippen molar-refractivity contribution in [3.05, 3.63) is 20.8 Å². The summed E-state index contributed by atoms with van der Waals surface area (Å²) in [6.07, 6.45) is 4.03. The average Bonchev–Trinajstić information content (AvgIpc) is 2.82. The van der Waals surface area contributed by atoms with Crippen molar-refractivity contribution in [2.45, 2.75) is 165 Å². The van der Waals surface area contributed by atoms with Gasteiger partial charge in [-0.15, -0.1) is 0 Å². The molecule has 0 aliphatic heterocycles. The molecule has 0 fully saturated rings. The average molecular weight is 686 g/mol. The van der Waals surface area contributed by atoms with Crippen LogP contribution in [0, 0.1) is 127 Å². The number of hydrogen-bond donors (Lipinski definition) is 0. The van der Waals surface area contributed by atoms with Crippen molar-refractivity contribution in [3.63, 3.8) is 0 Å². The van der Waals surface area contributed by atoms with Crippen LogP contribution < -0.4 is 0 Å². The molecular formula is C45H93Cr. The molecule has 0 aromatic rings. The maximum absolute atomic E-state index is 4.23. The Kier molecular flexibility index (Phi) is 31.6. The molecular weight excluding hydrogens is 592 g/mol. The predicted molar refractivity (Wildman–Crippen MR) is 212 cm³/mol. The van der Waals surface area contributed by atoms with Gasteiger partial charge in [-0.1, -0.05) is 163 Å². The molecule has 1 heteroatoms. The van der Waals surface area contributed by atoms with E-state index in [0.29, 0.717) is 17.8 Å². The van der Waals surface area contributed by atoms with Crippen molar-refractivity contribution in [1.29, 1.82) is 0 Å². The van der Waals surface area contributed by atoms with E-state index in [4.69, 9.17) is 0 Å². The van der Waals surface area contributed by atoms with Crippen LogP contribution in [0.3, 0.4) is 0 Å². The van der Waals surface area contributed by atoms with E-state index < -0.39 is 0 Å². The summed E-state index contributed by atoms with van der Waals surface area (Å²) in [6, 6.07) is 0. The van der Waals surface area contributed by atoms with Gasteiger partial charge < -0.3 is 20.8 Å². The Morgan fingerprint density at radius 3 is 0.413 bits per heavy atom. The molecule has 0 saturated carbocycles. The molecule has 0 aliphatic rings. The van der Waals surface area contributed by atoms with Crippen molar-refractivity contribution in [3.8, 4) is 0 Å². The van der Waals surface area contributed by atoms with E-state index >= 15 is 0 Å². The normalized spacial score (nSPS) is 16.4. The quantitative estimate of drug-likeness (QED) is 0.126. The molecule has 0 spiro atoms. The maximum Gasteiger partial charge on any atom is 3.00 e. The molecule has 6 atom stereocenters. The Labute approximate surface area is 308 Å². The largest absolute Gasteiger partial charge is 3.00 e. The number of hydrogen-bond acceptors (Lipinski definition) is 0. The van der Waals surface area contributed by atoms with Crippen molar-refractivity contribution in [2.75, 3.05) is 0 Å². The maximum atomic E-state index is 4.23. The van der Waals surface area contributed by atoms with Crippen molar-refractivity contribution < 1.29 is 17.4 Å². The van der Waals surface area contributed by atoms with E-state index in [2.05, 4.69) is 166 Å². The summed E-state index contributed by atoms with van der Waals surface area (Å²) in [5.74, 6) is 13.7. The van der Waals surface area contributed by atoms with E-state index in [9.17, 15) is 0 Å². The van der Waals surface area contributed by atoms with Crippen LogP contribution in [-0.2, 0) is 17.4 Å². The predicted octanol–water partition coefficient (Wildman–Crippen LogP) is 15.1. The Morgan fingerprint density at radius 2 is 0.348 bits per heavy atom. The smallest absolute Gasteiger partial charge is 0.340 e. The van der Waals surface area contributed by atoms with Crippen LogP contribution in [0.5, 0.6) is 0 Å². The zero-order valence-corrected chi connectivity index (χ0v) is 37.3. The van der Waals surface area contributed by atoms with Crippen molar-refractivity contribution in [1.82, 2.24) is 0 Å². The van der Waals surface area contributed by atoms with Crippen molar-refractivity contribution in [2.24, 2.45) is 107 Å².